The summed E-state index contributed by atoms with van der Waals surface area (Å²) in [4.78, 5) is 2.48. The maximum atomic E-state index is 2.48. The average Bonchev–Trinajstić information content (AvgIpc) is 1.97. The monoisotopic (exact) mass is 209 g/mol. The maximum absolute atomic E-state index is 2.48. The number of rotatable bonds is 0. The Labute approximate surface area is 95.5 Å². The zero-order valence-electron chi connectivity index (χ0n) is 11.7. The predicted molar refractivity (Wildman–Crippen MR) is 68.1 cm³/mol. The lowest BCUT2D eigenvalue weighted by molar-refractivity contribution is 0.0556. The molecule has 88 valence electrons. The molecule has 0 aromatic heterocycles. The van der Waals surface area contributed by atoms with Gasteiger partial charge in [0.2, 0.25) is 0 Å². The smallest absolute Gasteiger partial charge is 0.0340 e. The summed E-state index contributed by atoms with van der Waals surface area (Å²) < 4.78 is 0. The molecule has 1 aliphatic heterocycles. The van der Waals surface area contributed by atoms with E-state index in [0.717, 1.165) is 0 Å². The average molecular weight is 209 g/mol. The first-order valence-electron chi connectivity index (χ1n) is 5.93. The topological polar surface area (TPSA) is 3.24 Å². The highest BCUT2D eigenvalue weighted by Crippen LogP contribution is 2.42. The van der Waals surface area contributed by atoms with Gasteiger partial charge in [-0.2, -0.15) is 0 Å². The zero-order valence-corrected chi connectivity index (χ0v) is 11.7. The Morgan fingerprint density at radius 1 is 1.13 bits per heavy atom. The van der Waals surface area contributed by atoms with Crippen LogP contribution >= 0.6 is 0 Å². The minimum absolute atomic E-state index is 0.171. The summed E-state index contributed by atoms with van der Waals surface area (Å²) in [6.07, 6.45) is 3.63. The van der Waals surface area contributed by atoms with E-state index in [2.05, 4.69) is 66.5 Å². The summed E-state index contributed by atoms with van der Waals surface area (Å²) in [6.45, 7) is 16.2. The first kappa shape index (κ1) is 12.8. The van der Waals surface area contributed by atoms with Crippen molar-refractivity contribution in [3.63, 3.8) is 0 Å². The quantitative estimate of drug-likeness (QED) is 0.548. The molecular formula is C14H27N. The van der Waals surface area contributed by atoms with E-state index in [4.69, 9.17) is 0 Å². The van der Waals surface area contributed by atoms with E-state index in [1.807, 2.05) is 0 Å². The molecule has 15 heavy (non-hydrogen) atoms. The van der Waals surface area contributed by atoms with Crippen LogP contribution < -0.4 is 0 Å². The normalized spacial score (nSPS) is 26.3. The van der Waals surface area contributed by atoms with E-state index in [9.17, 15) is 0 Å². The second kappa shape index (κ2) is 3.35. The van der Waals surface area contributed by atoms with Crippen LogP contribution in [0, 0.1) is 5.41 Å². The van der Waals surface area contributed by atoms with E-state index < -0.39 is 0 Å². The van der Waals surface area contributed by atoms with Crippen molar-refractivity contribution in [2.45, 2.75) is 66.0 Å². The van der Waals surface area contributed by atoms with Gasteiger partial charge in [0.05, 0.1) is 0 Å². The van der Waals surface area contributed by atoms with Crippen LogP contribution in [0.2, 0.25) is 0 Å². The molecule has 0 radical (unpaired) electrons. The van der Waals surface area contributed by atoms with Crippen molar-refractivity contribution in [1.29, 1.82) is 0 Å². The van der Waals surface area contributed by atoms with Gasteiger partial charge < -0.3 is 0 Å². The molecular weight excluding hydrogens is 182 g/mol. The van der Waals surface area contributed by atoms with Crippen molar-refractivity contribution >= 4 is 0 Å². The second-order valence-electron chi connectivity index (χ2n) is 7.12. The molecule has 1 nitrogen and oxygen atoms in total. The summed E-state index contributed by atoms with van der Waals surface area (Å²) in [5.41, 5.74) is 2.33. The molecule has 0 amide bonds. The van der Waals surface area contributed by atoms with Gasteiger partial charge >= 0.3 is 0 Å². The van der Waals surface area contributed by atoms with Gasteiger partial charge in [-0.05, 0) is 46.6 Å². The van der Waals surface area contributed by atoms with Crippen molar-refractivity contribution in [3.05, 3.63) is 11.6 Å². The molecule has 0 saturated heterocycles. The molecule has 1 heteroatoms. The van der Waals surface area contributed by atoms with Crippen LogP contribution in [0.4, 0.5) is 0 Å². The minimum atomic E-state index is 0.171. The van der Waals surface area contributed by atoms with E-state index in [1.165, 1.54) is 6.42 Å². The summed E-state index contributed by atoms with van der Waals surface area (Å²) in [5, 5.41) is 0. The lowest BCUT2D eigenvalue weighted by Gasteiger charge is -2.51. The summed E-state index contributed by atoms with van der Waals surface area (Å²) in [7, 11) is 2.23. The van der Waals surface area contributed by atoms with Crippen molar-refractivity contribution < 1.29 is 0 Å². The van der Waals surface area contributed by atoms with Crippen LogP contribution in [0.25, 0.3) is 0 Å². The number of hydrogen-bond acceptors (Lipinski definition) is 1. The summed E-state index contributed by atoms with van der Waals surface area (Å²) in [6, 6.07) is 0. The molecule has 0 spiro atoms. The van der Waals surface area contributed by atoms with Crippen molar-refractivity contribution in [2.24, 2.45) is 5.41 Å². The third kappa shape index (κ3) is 2.44. The Morgan fingerprint density at radius 2 is 1.60 bits per heavy atom. The van der Waals surface area contributed by atoms with Crippen LogP contribution in [-0.4, -0.2) is 23.0 Å². The molecule has 0 aliphatic carbocycles. The van der Waals surface area contributed by atoms with E-state index in [1.54, 1.807) is 5.57 Å². The highest BCUT2D eigenvalue weighted by Gasteiger charge is 2.40. The molecule has 0 atom stereocenters. The van der Waals surface area contributed by atoms with E-state index >= 15 is 0 Å². The summed E-state index contributed by atoms with van der Waals surface area (Å²) >= 11 is 0. The highest BCUT2D eigenvalue weighted by atomic mass is 15.2. The third-order valence-electron chi connectivity index (χ3n) is 3.89. The fourth-order valence-corrected chi connectivity index (χ4v) is 2.42. The Balaban J connectivity index is 3.15. The summed E-state index contributed by atoms with van der Waals surface area (Å²) in [5.74, 6) is 0. The van der Waals surface area contributed by atoms with Gasteiger partial charge in [-0.1, -0.05) is 32.4 Å². The lowest BCUT2D eigenvalue weighted by Crippen LogP contribution is -2.55. The molecule has 1 heterocycles. The van der Waals surface area contributed by atoms with Crippen molar-refractivity contribution in [3.8, 4) is 0 Å². The highest BCUT2D eigenvalue weighted by molar-refractivity contribution is 5.25. The Hall–Kier alpha value is -0.300. The van der Waals surface area contributed by atoms with Gasteiger partial charge in [-0.3, -0.25) is 4.90 Å². The van der Waals surface area contributed by atoms with Gasteiger partial charge in [-0.25, -0.2) is 0 Å². The van der Waals surface area contributed by atoms with Gasteiger partial charge in [-0.15, -0.1) is 0 Å². The molecule has 0 fully saturated rings. The standard InChI is InChI=1S/C14H27N/c1-12(2,3)11-9-13(4,5)15(8)14(6,7)10-11/h9H,10H2,1-8H3. The van der Waals surface area contributed by atoms with Crippen LogP contribution in [-0.2, 0) is 0 Å². The lowest BCUT2D eigenvalue weighted by atomic mass is 9.72. The molecule has 1 aliphatic rings. The Morgan fingerprint density at radius 3 is 1.93 bits per heavy atom. The fourth-order valence-electron chi connectivity index (χ4n) is 2.42. The second-order valence-corrected chi connectivity index (χ2v) is 7.12. The number of nitrogens with zero attached hydrogens (tertiary/aromatic N) is 1. The third-order valence-corrected chi connectivity index (χ3v) is 3.89. The van der Waals surface area contributed by atoms with Crippen LogP contribution in [0.15, 0.2) is 11.6 Å². The van der Waals surface area contributed by atoms with Gasteiger partial charge in [0.15, 0.2) is 0 Å². The molecule has 0 N–H and O–H groups in total. The molecule has 0 aromatic carbocycles. The van der Waals surface area contributed by atoms with Gasteiger partial charge in [0.1, 0.15) is 0 Å². The van der Waals surface area contributed by atoms with Crippen molar-refractivity contribution in [1.82, 2.24) is 4.90 Å². The van der Waals surface area contributed by atoms with E-state index in [0.29, 0.717) is 5.41 Å². The molecule has 0 unspecified atom stereocenters. The molecule has 0 saturated carbocycles. The van der Waals surface area contributed by atoms with Crippen molar-refractivity contribution in [2.75, 3.05) is 7.05 Å². The first-order valence-corrected chi connectivity index (χ1v) is 5.93. The maximum Gasteiger partial charge on any atom is 0.0340 e. The largest absolute Gasteiger partial charge is 0.292 e. The molecule has 0 aromatic rings. The fraction of sp³-hybridized carbons (Fsp3) is 0.857. The SMILES string of the molecule is CN1C(C)(C)C=C(C(C)(C)C)CC1(C)C. The van der Waals surface area contributed by atoms with Crippen LogP contribution in [0.1, 0.15) is 54.9 Å². The number of likely N-dealkylation sites (N-methyl/N-ethyl adjacent to an activating group) is 1. The molecule has 1 rings (SSSR count). The Kier molecular flexibility index (Phi) is 2.85. The zero-order chi connectivity index (χ0) is 12.1. The first-order chi connectivity index (χ1) is 6.47. The van der Waals surface area contributed by atoms with Crippen LogP contribution in [0.5, 0.6) is 0 Å². The minimum Gasteiger partial charge on any atom is -0.292 e. The van der Waals surface area contributed by atoms with Gasteiger partial charge in [0.25, 0.3) is 0 Å². The Bertz CT molecular complexity index is 276. The van der Waals surface area contributed by atoms with E-state index in [-0.39, 0.29) is 11.1 Å². The predicted octanol–water partition coefficient (Wildman–Crippen LogP) is 3.85. The van der Waals surface area contributed by atoms with Gasteiger partial charge in [0, 0.05) is 11.1 Å². The molecule has 0 bridgehead atoms. The number of hydrogen-bond donors (Lipinski definition) is 0. The van der Waals surface area contributed by atoms with Crippen LogP contribution in [0.3, 0.4) is 0 Å².